The van der Waals surface area contributed by atoms with Gasteiger partial charge in [-0.2, -0.15) is 18.3 Å². The van der Waals surface area contributed by atoms with Crippen molar-refractivity contribution >= 4 is 40.8 Å². The number of nitrogen functional groups attached to an aromatic ring is 1. The highest BCUT2D eigenvalue weighted by molar-refractivity contribution is 6.33. The maximum absolute atomic E-state index is 13.3. The third-order valence-corrected chi connectivity index (χ3v) is 7.13. The fourth-order valence-electron chi connectivity index (χ4n) is 4.78. The van der Waals surface area contributed by atoms with E-state index >= 15 is 0 Å². The van der Waals surface area contributed by atoms with Gasteiger partial charge < -0.3 is 15.7 Å². The van der Waals surface area contributed by atoms with Crippen LogP contribution in [0.4, 0.5) is 18.9 Å². The van der Waals surface area contributed by atoms with E-state index in [2.05, 4.69) is 5.10 Å². The number of benzene rings is 2. The summed E-state index contributed by atoms with van der Waals surface area (Å²) in [5, 5.41) is 15.3. The average Bonchev–Trinajstić information content (AvgIpc) is 3.27. The Morgan fingerprint density at radius 2 is 1.82 bits per heavy atom. The first-order valence-electron chi connectivity index (χ1n) is 12.0. The van der Waals surface area contributed by atoms with Crippen LogP contribution < -0.4 is 5.73 Å². The van der Waals surface area contributed by atoms with Gasteiger partial charge in [-0.1, -0.05) is 41.9 Å². The molecule has 2 heterocycles. The Morgan fingerprint density at radius 1 is 1.16 bits per heavy atom. The number of piperidine rings is 1. The van der Waals surface area contributed by atoms with Crippen molar-refractivity contribution in [3.8, 4) is 0 Å². The van der Waals surface area contributed by atoms with Crippen LogP contribution in [0.1, 0.15) is 42.4 Å². The predicted molar refractivity (Wildman–Crippen MR) is 134 cm³/mol. The Hall–Kier alpha value is -3.60. The molecule has 1 atom stereocenters. The number of aliphatic carboxylic acids is 1. The summed E-state index contributed by atoms with van der Waals surface area (Å²) in [5.74, 6) is -3.09. The Balaban J connectivity index is 1.37. The number of likely N-dealkylation sites (tertiary alicyclic amines) is 1. The number of carbonyl (C=O) groups excluding carboxylic acids is 2. The Bertz CT molecular complexity index is 1260. The van der Waals surface area contributed by atoms with Crippen molar-refractivity contribution in [3.05, 3.63) is 64.2 Å². The van der Waals surface area contributed by atoms with Crippen LogP contribution in [0.15, 0.2) is 47.6 Å². The number of amides is 2. The first-order valence-corrected chi connectivity index (χ1v) is 12.4. The lowest BCUT2D eigenvalue weighted by atomic mass is 9.93. The Labute approximate surface area is 221 Å². The average molecular weight is 551 g/mol. The van der Waals surface area contributed by atoms with E-state index in [0.29, 0.717) is 31.6 Å². The van der Waals surface area contributed by atoms with Gasteiger partial charge in [-0.05, 0) is 42.5 Å². The molecule has 1 fully saturated rings. The molecule has 0 radical (unpaired) electrons. The second-order valence-electron chi connectivity index (χ2n) is 9.42. The van der Waals surface area contributed by atoms with Crippen LogP contribution in [0, 0.1) is 5.92 Å². The summed E-state index contributed by atoms with van der Waals surface area (Å²) >= 11 is 5.85. The van der Waals surface area contributed by atoms with Gasteiger partial charge in [-0.25, -0.2) is 5.01 Å². The van der Waals surface area contributed by atoms with Crippen molar-refractivity contribution in [2.45, 2.75) is 44.3 Å². The van der Waals surface area contributed by atoms with Crippen LogP contribution in [-0.4, -0.2) is 57.6 Å². The molecule has 202 valence electrons. The van der Waals surface area contributed by atoms with Crippen molar-refractivity contribution < 1.29 is 32.7 Å². The molecule has 2 amide bonds. The number of carbonyl (C=O) groups is 3. The lowest BCUT2D eigenvalue weighted by Crippen LogP contribution is -2.46. The maximum Gasteiger partial charge on any atom is 0.418 e. The van der Waals surface area contributed by atoms with Crippen molar-refractivity contribution in [3.63, 3.8) is 0 Å². The number of halogens is 4. The van der Waals surface area contributed by atoms with Crippen LogP contribution in [0.25, 0.3) is 0 Å². The van der Waals surface area contributed by atoms with Crippen LogP contribution in [0.5, 0.6) is 0 Å². The molecule has 0 bridgehead atoms. The van der Waals surface area contributed by atoms with E-state index in [0.717, 1.165) is 11.6 Å². The van der Waals surface area contributed by atoms with Crippen molar-refractivity contribution in [1.29, 1.82) is 0 Å². The summed E-state index contributed by atoms with van der Waals surface area (Å²) in [4.78, 5) is 38.9. The SMILES string of the molecule is Nc1c(Cl)cc(C[C@@H](CC(=O)N2CCC(N3N=C(c4ccccc4)CC3=O)CC2)C(=O)O)cc1C(F)(F)F. The fraction of sp³-hybridized carbons (Fsp3) is 0.385. The van der Waals surface area contributed by atoms with E-state index < -0.39 is 35.2 Å². The van der Waals surface area contributed by atoms with Crippen LogP contribution in [0.3, 0.4) is 0 Å². The molecule has 2 aliphatic rings. The molecule has 0 unspecified atom stereocenters. The van der Waals surface area contributed by atoms with E-state index in [-0.39, 0.29) is 41.8 Å². The lowest BCUT2D eigenvalue weighted by molar-refractivity contribution is -0.146. The van der Waals surface area contributed by atoms with E-state index in [1.54, 1.807) is 0 Å². The van der Waals surface area contributed by atoms with Crippen molar-refractivity contribution in [2.24, 2.45) is 11.0 Å². The van der Waals surface area contributed by atoms with Crippen LogP contribution in [-0.2, 0) is 27.0 Å². The standard InChI is InChI=1S/C26H26ClF3N4O4/c27-20-12-15(11-19(24(20)31)26(28,29)30)10-17(25(37)38)13-22(35)33-8-6-18(7-9-33)34-23(36)14-21(32-34)16-4-2-1-3-5-16/h1-5,11-12,17-18H,6-10,13-14,31H2,(H,37,38)/t17-/m0/s1. The summed E-state index contributed by atoms with van der Waals surface area (Å²) in [7, 11) is 0. The molecule has 12 heteroatoms. The molecule has 8 nitrogen and oxygen atoms in total. The molecular formula is C26H26ClF3N4O4. The van der Waals surface area contributed by atoms with Gasteiger partial charge >= 0.3 is 12.1 Å². The number of nitrogens with two attached hydrogens (primary N) is 1. The number of rotatable bonds is 7. The highest BCUT2D eigenvalue weighted by atomic mass is 35.5. The number of hydrogen-bond donors (Lipinski definition) is 2. The zero-order valence-electron chi connectivity index (χ0n) is 20.2. The summed E-state index contributed by atoms with van der Waals surface area (Å²) in [6, 6.07) is 11.2. The lowest BCUT2D eigenvalue weighted by Gasteiger charge is -2.35. The molecule has 4 rings (SSSR count). The molecule has 3 N–H and O–H groups in total. The largest absolute Gasteiger partial charge is 0.481 e. The minimum atomic E-state index is -4.76. The van der Waals surface area contributed by atoms with Crippen molar-refractivity contribution in [2.75, 3.05) is 18.8 Å². The summed E-state index contributed by atoms with van der Waals surface area (Å²) in [5.41, 5.74) is 5.26. The van der Waals surface area contributed by atoms with Gasteiger partial charge in [0.2, 0.25) is 11.8 Å². The van der Waals surface area contributed by atoms with E-state index in [1.807, 2.05) is 30.3 Å². The van der Waals surface area contributed by atoms with Gasteiger partial charge in [0.05, 0.1) is 40.4 Å². The summed E-state index contributed by atoms with van der Waals surface area (Å²) in [6.45, 7) is 0.615. The first-order chi connectivity index (χ1) is 17.9. The number of anilines is 1. The minimum absolute atomic E-state index is 0.0232. The molecule has 2 aromatic rings. The minimum Gasteiger partial charge on any atom is -0.481 e. The molecular weight excluding hydrogens is 525 g/mol. The van der Waals surface area contributed by atoms with Crippen LogP contribution >= 0.6 is 11.6 Å². The molecule has 0 saturated carbocycles. The van der Waals surface area contributed by atoms with Gasteiger partial charge in [0.1, 0.15) is 0 Å². The number of hydrogen-bond acceptors (Lipinski definition) is 5. The normalized spacial score (nSPS) is 17.5. The topological polar surface area (TPSA) is 116 Å². The van der Waals surface area contributed by atoms with Gasteiger partial charge in [0.25, 0.3) is 0 Å². The smallest absolute Gasteiger partial charge is 0.418 e. The number of hydrazone groups is 1. The van der Waals surface area contributed by atoms with Crippen molar-refractivity contribution in [1.82, 2.24) is 9.91 Å². The van der Waals surface area contributed by atoms with Gasteiger partial charge in [-0.3, -0.25) is 14.4 Å². The maximum atomic E-state index is 13.3. The monoisotopic (exact) mass is 550 g/mol. The number of carboxylic acids is 1. The molecule has 2 aromatic carbocycles. The zero-order chi connectivity index (χ0) is 27.6. The molecule has 1 saturated heterocycles. The summed E-state index contributed by atoms with van der Waals surface area (Å²) in [6.07, 6.45) is -4.31. The molecule has 0 aliphatic carbocycles. The Kier molecular flexibility index (Phi) is 7.96. The Morgan fingerprint density at radius 3 is 2.42 bits per heavy atom. The number of carboxylic acid groups (broad SMARTS) is 1. The number of nitrogens with zero attached hydrogens (tertiary/aromatic N) is 3. The zero-order valence-corrected chi connectivity index (χ0v) is 21.0. The highest BCUT2D eigenvalue weighted by Gasteiger charge is 2.36. The van der Waals surface area contributed by atoms with E-state index in [9.17, 15) is 32.7 Å². The summed E-state index contributed by atoms with van der Waals surface area (Å²) < 4.78 is 39.9. The molecule has 38 heavy (non-hydrogen) atoms. The third kappa shape index (κ3) is 6.09. The fourth-order valence-corrected chi connectivity index (χ4v) is 5.02. The van der Waals surface area contributed by atoms with Gasteiger partial charge in [0, 0.05) is 19.5 Å². The first kappa shape index (κ1) is 27.4. The molecule has 0 spiro atoms. The molecule has 0 aromatic heterocycles. The highest BCUT2D eigenvalue weighted by Crippen LogP contribution is 2.38. The van der Waals surface area contributed by atoms with Gasteiger partial charge in [-0.15, -0.1) is 0 Å². The molecule has 2 aliphatic heterocycles. The number of alkyl halides is 3. The second-order valence-corrected chi connectivity index (χ2v) is 9.83. The van der Waals surface area contributed by atoms with Gasteiger partial charge in [0.15, 0.2) is 0 Å². The second kappa shape index (κ2) is 11.0. The third-order valence-electron chi connectivity index (χ3n) is 6.82. The quantitative estimate of drug-likeness (QED) is 0.501. The van der Waals surface area contributed by atoms with E-state index in [1.165, 1.54) is 16.0 Å². The predicted octanol–water partition coefficient (Wildman–Crippen LogP) is 4.20. The van der Waals surface area contributed by atoms with Crippen LogP contribution in [0.2, 0.25) is 5.02 Å². The van der Waals surface area contributed by atoms with E-state index in [4.69, 9.17) is 17.3 Å².